The molecule has 172 valence electrons. The maximum atomic E-state index is 12.4. The van der Waals surface area contributed by atoms with Crippen LogP contribution in [-0.2, 0) is 0 Å². The summed E-state index contributed by atoms with van der Waals surface area (Å²) in [7, 11) is 24.0. The summed E-state index contributed by atoms with van der Waals surface area (Å²) in [5.74, 6) is 0.199. The largest absolute Gasteiger partial charge is 0.400 e. The highest BCUT2D eigenvalue weighted by Crippen LogP contribution is 2.78. The molecular weight excluding hydrogens is 413 g/mol. The van der Waals surface area contributed by atoms with Gasteiger partial charge in [-0.25, -0.2) is 4.98 Å². The Kier molecular flexibility index (Phi) is 6.99. The molecule has 5 N–H and O–H groups in total. The zero-order chi connectivity index (χ0) is 26.9. The Labute approximate surface area is 215 Å². The van der Waals surface area contributed by atoms with Gasteiger partial charge in [-0.1, -0.05) is 15.7 Å². The zero-order valence-electron chi connectivity index (χ0n) is 24.0. The van der Waals surface area contributed by atoms with Crippen molar-refractivity contribution in [2.45, 2.75) is 63.9 Å². The maximum absolute atomic E-state index is 12.4. The van der Waals surface area contributed by atoms with Crippen molar-refractivity contribution in [1.29, 1.82) is 0 Å². The summed E-state index contributed by atoms with van der Waals surface area (Å²) in [6, 6.07) is -0.240. The molecule has 1 amide bonds. The predicted octanol–water partition coefficient (Wildman–Crippen LogP) is -9.19. The minimum atomic E-state index is -1.07. The summed E-state index contributed by atoms with van der Waals surface area (Å²) in [5.41, 5.74) is 4.62. The monoisotopic (exact) mass is 453 g/mol. The molecule has 0 aliphatic heterocycles. The Bertz CT molecular complexity index is 947. The molecule has 0 aromatic carbocycles. The second-order valence-electron chi connectivity index (χ2n) is 14.3. The van der Waals surface area contributed by atoms with Gasteiger partial charge in [0.05, 0.1) is 44.8 Å². The van der Waals surface area contributed by atoms with E-state index in [9.17, 15) is 9.90 Å². The van der Waals surface area contributed by atoms with Crippen LogP contribution in [0.15, 0.2) is 6.20 Å². The summed E-state index contributed by atoms with van der Waals surface area (Å²) in [6.45, 7) is 6.06. The second kappa shape index (κ2) is 8.17. The Morgan fingerprint density at radius 1 is 1.03 bits per heavy atom. The molecule has 3 atom stereocenters. The highest BCUT2D eigenvalue weighted by atomic mass is 16.3. The summed E-state index contributed by atoms with van der Waals surface area (Å²) >= 11 is 0. The van der Waals surface area contributed by atoms with Crippen LogP contribution in [-0.4, -0.2) is 124 Å². The smallest absolute Gasteiger partial charge is 0.254 e. The Balaban J connectivity index is 2.76. The molecule has 1 aliphatic rings. The van der Waals surface area contributed by atoms with Crippen LogP contribution in [0.1, 0.15) is 31.1 Å². The third-order valence-electron chi connectivity index (χ3n) is 9.85. The van der Waals surface area contributed by atoms with Gasteiger partial charge in [-0.05, 0) is 26.0 Å². The van der Waals surface area contributed by atoms with Gasteiger partial charge >= 0.3 is 0 Å². The third kappa shape index (κ3) is 4.10. The van der Waals surface area contributed by atoms with Crippen LogP contribution in [0.4, 0.5) is 11.8 Å². The highest BCUT2D eigenvalue weighted by Gasteiger charge is 2.72. The minimum absolute atomic E-state index is 0.184. The molecule has 1 aliphatic carbocycles. The van der Waals surface area contributed by atoms with Crippen molar-refractivity contribution in [1.82, 2.24) is 9.97 Å². The van der Waals surface area contributed by atoms with Crippen molar-refractivity contribution in [3.05, 3.63) is 11.8 Å². The fourth-order valence-electron chi connectivity index (χ4n) is 6.67. The minimum Gasteiger partial charge on any atom is -0.400 e. The van der Waals surface area contributed by atoms with E-state index in [4.69, 9.17) is 5.73 Å². The lowest BCUT2D eigenvalue weighted by atomic mass is 9.02. The molecule has 1 heterocycles. The molecule has 0 bridgehead atoms. The number of carbonyl (C=O) groups is 1. The lowest BCUT2D eigenvalue weighted by molar-refractivity contribution is 0.00880. The molecule has 7 nitrogen and oxygen atoms in total. The van der Waals surface area contributed by atoms with Gasteiger partial charge in [0.25, 0.3) is 5.91 Å². The van der Waals surface area contributed by atoms with E-state index in [-0.39, 0.29) is 32.7 Å². The number of nitrogens with one attached hydrogen (secondary N) is 2. The normalized spacial score (nSPS) is 30.2. The van der Waals surface area contributed by atoms with Crippen molar-refractivity contribution < 1.29 is 9.90 Å². The number of amides is 1. The Hall–Kier alpha value is -1.18. The number of primary amides is 1. The predicted molar refractivity (Wildman–Crippen MR) is 174 cm³/mol. The Morgan fingerprint density at radius 2 is 1.53 bits per heavy atom. The van der Waals surface area contributed by atoms with E-state index in [1.807, 2.05) is 28.6 Å². The molecule has 1 saturated carbocycles. The van der Waals surface area contributed by atoms with Gasteiger partial charge in [0.1, 0.15) is 52.9 Å². The molecule has 1 aromatic rings. The van der Waals surface area contributed by atoms with Crippen molar-refractivity contribution in [2.75, 3.05) is 10.6 Å². The van der Waals surface area contributed by atoms with Crippen LogP contribution < -0.4 is 16.4 Å². The number of nitrogens with zero attached hydrogens (tertiary/aromatic N) is 2. The lowest BCUT2D eigenvalue weighted by Gasteiger charge is -2.78. The Morgan fingerprint density at radius 3 is 1.94 bits per heavy atom. The quantitative estimate of drug-likeness (QED) is 0.331. The number of aromatic nitrogens is 2. The average Bonchev–Trinajstić information content (AvgIpc) is 2.61. The first-order chi connectivity index (χ1) is 14.9. The number of carbonyl (C=O) groups excluding carboxylic acids is 1. The van der Waals surface area contributed by atoms with Crippen LogP contribution >= 0.6 is 0 Å². The molecule has 18 heteroatoms. The van der Waals surface area contributed by atoms with Gasteiger partial charge in [-0.15, -0.1) is 5.11 Å². The van der Waals surface area contributed by atoms with E-state index in [1.54, 1.807) is 0 Å². The molecule has 0 saturated heterocycles. The molecule has 1 fully saturated rings. The van der Waals surface area contributed by atoms with E-state index in [2.05, 4.69) is 99.1 Å². The number of anilines is 2. The molecule has 1 aromatic heterocycles. The second-order valence-corrected chi connectivity index (χ2v) is 14.3. The van der Waals surface area contributed by atoms with Crippen molar-refractivity contribution in [3.63, 3.8) is 0 Å². The van der Waals surface area contributed by atoms with E-state index in [0.29, 0.717) is 11.8 Å². The van der Waals surface area contributed by atoms with Crippen molar-refractivity contribution >= 4 is 104 Å². The van der Waals surface area contributed by atoms with E-state index >= 15 is 0 Å². The molecule has 3 unspecified atom stereocenters. The van der Waals surface area contributed by atoms with Crippen LogP contribution in [0.25, 0.3) is 0 Å². The van der Waals surface area contributed by atoms with Crippen molar-refractivity contribution in [3.8, 4) is 0 Å². The summed E-state index contributed by atoms with van der Waals surface area (Å²) in [4.78, 5) is 21.3. The van der Waals surface area contributed by atoms with Crippen LogP contribution in [0, 0.1) is 0 Å². The molecule has 34 heavy (non-hydrogen) atoms. The van der Waals surface area contributed by atoms with E-state index < -0.39 is 21.9 Å². The maximum Gasteiger partial charge on any atom is 0.254 e. The standard InChI is InChI=1S/C16H38B11N5O2/c1-10(2,3)32-9-29-4-5(6(28)33)7(31-9)30-8-11(17,18)14(22,23)13(21,16(25,26)27)15(24,34)12(8,19)20/h4,8,34H,17-27H2,1-3H3,(H2,28,33)(H2,29,30,31,32). The van der Waals surface area contributed by atoms with Gasteiger partial charge in [-0.3, -0.25) is 4.79 Å². The van der Waals surface area contributed by atoms with Gasteiger partial charge in [0, 0.05) is 23.3 Å². The first kappa shape index (κ1) is 29.1. The topological polar surface area (TPSA) is 113 Å². The third-order valence-corrected chi connectivity index (χ3v) is 9.85. The van der Waals surface area contributed by atoms with E-state index in [1.165, 1.54) is 6.20 Å². The van der Waals surface area contributed by atoms with Gasteiger partial charge < -0.3 is 21.5 Å². The number of nitrogens with two attached hydrogens (primary N) is 1. The summed E-state index contributed by atoms with van der Waals surface area (Å²) in [5, 5.41) is 17.4. The average molecular weight is 451 g/mol. The van der Waals surface area contributed by atoms with Crippen LogP contribution in [0.5, 0.6) is 0 Å². The number of hydrogen-bond donors (Lipinski definition) is 4. The van der Waals surface area contributed by atoms with Gasteiger partial charge in [0.15, 0.2) is 0 Å². The molecule has 2 rings (SSSR count). The molecule has 0 radical (unpaired) electrons. The molecule has 0 spiro atoms. The first-order valence-electron chi connectivity index (χ1n) is 12.3. The summed E-state index contributed by atoms with van der Waals surface area (Å²) < 4.78 is 0. The highest BCUT2D eigenvalue weighted by molar-refractivity contribution is 6.69. The van der Waals surface area contributed by atoms with Crippen LogP contribution in [0.3, 0.4) is 0 Å². The van der Waals surface area contributed by atoms with Gasteiger partial charge in [0.2, 0.25) is 5.95 Å². The van der Waals surface area contributed by atoms with Crippen LogP contribution in [0.2, 0.25) is 26.1 Å². The number of rotatable bonds is 5. The fraction of sp³-hybridized carbons (Fsp3) is 0.688. The number of hydrogen-bond acceptors (Lipinski definition) is 6. The number of aliphatic hydroxyl groups is 1. The van der Waals surface area contributed by atoms with Crippen molar-refractivity contribution in [2.24, 2.45) is 5.73 Å². The lowest BCUT2D eigenvalue weighted by Crippen LogP contribution is -2.75. The zero-order valence-corrected chi connectivity index (χ0v) is 24.0. The first-order valence-corrected chi connectivity index (χ1v) is 12.3. The van der Waals surface area contributed by atoms with Gasteiger partial charge in [-0.2, -0.15) is 4.98 Å². The SMILES string of the molecule is BC(B)(B)C1(B)C(B)(B)C(B)(B)C(Nc2nc(NC(C)(C)C)ncc2C(N)=O)C(B)(B)C1(B)O. The molecular formula is C16H38B11N5O2. The summed E-state index contributed by atoms with van der Waals surface area (Å²) in [6.07, 6.45) is 1.47. The van der Waals surface area contributed by atoms with E-state index in [0.717, 1.165) is 0 Å². The fourth-order valence-corrected chi connectivity index (χ4v) is 6.67.